The third-order valence-electron chi connectivity index (χ3n) is 3.16. The van der Waals surface area contributed by atoms with Gasteiger partial charge < -0.3 is 5.11 Å². The van der Waals surface area contributed by atoms with Crippen LogP contribution in [-0.2, 0) is 0 Å². The van der Waals surface area contributed by atoms with Gasteiger partial charge in [-0.15, -0.1) is 0 Å². The number of rotatable bonds is 2. The number of para-hydroxylation sites is 2. The summed E-state index contributed by atoms with van der Waals surface area (Å²) in [6.45, 7) is 1.72. The minimum atomic E-state index is -0.232. The van der Waals surface area contributed by atoms with Crippen LogP contribution in [-0.4, -0.2) is 21.0 Å². The van der Waals surface area contributed by atoms with E-state index in [1.165, 1.54) is 10.9 Å². The maximum atomic E-state index is 12.4. The van der Waals surface area contributed by atoms with Crippen molar-refractivity contribution >= 4 is 17.1 Å². The largest absolute Gasteiger partial charge is 0.507 e. The molecule has 0 aliphatic heterocycles. The molecule has 0 aliphatic rings. The number of hydrogen-bond donors (Lipinski definition) is 1. The fourth-order valence-electron chi connectivity index (χ4n) is 2.09. The van der Waals surface area contributed by atoms with Crippen molar-refractivity contribution in [3.63, 3.8) is 0 Å². The Morgan fingerprint density at radius 3 is 2.67 bits per heavy atom. The van der Waals surface area contributed by atoms with Gasteiger partial charge in [0.1, 0.15) is 11.6 Å². The van der Waals surface area contributed by atoms with Gasteiger partial charge in [-0.2, -0.15) is 9.78 Å². The fourth-order valence-corrected chi connectivity index (χ4v) is 2.09. The predicted octanol–water partition coefficient (Wildman–Crippen LogP) is 2.29. The molecule has 5 nitrogen and oxygen atoms in total. The molecule has 0 saturated heterocycles. The lowest BCUT2D eigenvalue weighted by Gasteiger charge is -2.05. The molecule has 0 atom stereocenters. The van der Waals surface area contributed by atoms with E-state index >= 15 is 0 Å². The van der Waals surface area contributed by atoms with Crippen LogP contribution in [0.2, 0.25) is 0 Å². The van der Waals surface area contributed by atoms with Crippen LogP contribution < -0.4 is 5.56 Å². The van der Waals surface area contributed by atoms with Crippen molar-refractivity contribution in [2.75, 3.05) is 0 Å². The summed E-state index contributed by atoms with van der Waals surface area (Å²) in [6.07, 6.45) is 1.44. The SMILES string of the molecule is Cc1nc2ccccc2c(=O)n1N=Cc1ccccc1O. The van der Waals surface area contributed by atoms with Crippen molar-refractivity contribution in [3.05, 3.63) is 70.3 Å². The van der Waals surface area contributed by atoms with Crippen LogP contribution in [0.5, 0.6) is 5.75 Å². The summed E-state index contributed by atoms with van der Waals surface area (Å²) in [6, 6.07) is 13.9. The van der Waals surface area contributed by atoms with Crippen LogP contribution in [0.4, 0.5) is 0 Å². The number of hydrogen-bond acceptors (Lipinski definition) is 4. The van der Waals surface area contributed by atoms with E-state index in [1.807, 2.05) is 6.07 Å². The van der Waals surface area contributed by atoms with Gasteiger partial charge in [-0.05, 0) is 31.2 Å². The Morgan fingerprint density at radius 1 is 1.14 bits per heavy atom. The number of phenols is 1. The molecule has 3 aromatic rings. The van der Waals surface area contributed by atoms with Gasteiger partial charge in [-0.3, -0.25) is 4.79 Å². The Labute approximate surface area is 120 Å². The predicted molar refractivity (Wildman–Crippen MR) is 81.8 cm³/mol. The van der Waals surface area contributed by atoms with E-state index in [4.69, 9.17) is 0 Å². The molecule has 1 heterocycles. The van der Waals surface area contributed by atoms with E-state index in [9.17, 15) is 9.90 Å². The molecule has 0 fully saturated rings. The van der Waals surface area contributed by atoms with E-state index in [-0.39, 0.29) is 11.3 Å². The lowest BCUT2D eigenvalue weighted by atomic mass is 10.2. The fraction of sp³-hybridized carbons (Fsp3) is 0.0625. The molecule has 5 heteroatoms. The highest BCUT2D eigenvalue weighted by molar-refractivity contribution is 5.83. The first-order chi connectivity index (χ1) is 10.2. The van der Waals surface area contributed by atoms with Crippen molar-refractivity contribution in [2.24, 2.45) is 5.10 Å². The summed E-state index contributed by atoms with van der Waals surface area (Å²) < 4.78 is 1.23. The van der Waals surface area contributed by atoms with Crippen molar-refractivity contribution in [1.82, 2.24) is 9.66 Å². The Morgan fingerprint density at radius 2 is 1.86 bits per heavy atom. The molecular formula is C16H13N3O2. The number of benzene rings is 2. The Balaban J connectivity index is 2.13. The van der Waals surface area contributed by atoms with Gasteiger partial charge in [0.15, 0.2) is 0 Å². The van der Waals surface area contributed by atoms with Crippen LogP contribution in [0.3, 0.4) is 0 Å². The number of fused-ring (bicyclic) bond motifs is 1. The van der Waals surface area contributed by atoms with E-state index in [2.05, 4.69) is 10.1 Å². The molecular weight excluding hydrogens is 266 g/mol. The quantitative estimate of drug-likeness (QED) is 0.732. The van der Waals surface area contributed by atoms with Gasteiger partial charge in [0.2, 0.25) is 0 Å². The second-order valence-electron chi connectivity index (χ2n) is 4.60. The van der Waals surface area contributed by atoms with Crippen LogP contribution in [0.1, 0.15) is 11.4 Å². The van der Waals surface area contributed by atoms with Crippen molar-refractivity contribution < 1.29 is 5.11 Å². The van der Waals surface area contributed by atoms with E-state index in [0.717, 1.165) is 0 Å². The maximum Gasteiger partial charge on any atom is 0.282 e. The molecule has 0 aliphatic carbocycles. The van der Waals surface area contributed by atoms with Crippen molar-refractivity contribution in [3.8, 4) is 5.75 Å². The highest BCUT2D eigenvalue weighted by Crippen LogP contribution is 2.13. The lowest BCUT2D eigenvalue weighted by molar-refractivity contribution is 0.474. The third-order valence-corrected chi connectivity index (χ3v) is 3.16. The van der Waals surface area contributed by atoms with Crippen molar-refractivity contribution in [1.29, 1.82) is 0 Å². The Bertz CT molecular complexity index is 897. The molecule has 2 aromatic carbocycles. The summed E-state index contributed by atoms with van der Waals surface area (Å²) >= 11 is 0. The molecule has 0 saturated carbocycles. The smallest absolute Gasteiger partial charge is 0.282 e. The van der Waals surface area contributed by atoms with Gasteiger partial charge in [0.25, 0.3) is 5.56 Å². The van der Waals surface area contributed by atoms with E-state index < -0.39 is 0 Å². The summed E-state index contributed by atoms with van der Waals surface area (Å²) in [7, 11) is 0. The second kappa shape index (κ2) is 5.20. The topological polar surface area (TPSA) is 67.5 Å². The summed E-state index contributed by atoms with van der Waals surface area (Å²) in [4.78, 5) is 16.8. The Hall–Kier alpha value is -2.95. The normalized spacial score (nSPS) is 11.3. The molecule has 0 amide bonds. The van der Waals surface area contributed by atoms with Gasteiger partial charge in [-0.1, -0.05) is 24.3 Å². The second-order valence-corrected chi connectivity index (χ2v) is 4.60. The monoisotopic (exact) mass is 279 g/mol. The molecule has 0 radical (unpaired) electrons. The maximum absolute atomic E-state index is 12.4. The number of aromatic nitrogens is 2. The molecule has 21 heavy (non-hydrogen) atoms. The first-order valence-corrected chi connectivity index (χ1v) is 6.47. The van der Waals surface area contributed by atoms with E-state index in [0.29, 0.717) is 22.3 Å². The molecule has 104 valence electrons. The zero-order chi connectivity index (χ0) is 14.8. The summed E-state index contributed by atoms with van der Waals surface area (Å²) in [5.41, 5.74) is 0.954. The van der Waals surface area contributed by atoms with Crippen LogP contribution in [0, 0.1) is 6.92 Å². The van der Waals surface area contributed by atoms with Gasteiger partial charge in [0, 0.05) is 5.56 Å². The van der Waals surface area contributed by atoms with Crippen LogP contribution in [0.15, 0.2) is 58.4 Å². The molecule has 0 bridgehead atoms. The first kappa shape index (κ1) is 13.1. The average molecular weight is 279 g/mol. The standard InChI is InChI=1S/C16H13N3O2/c1-11-18-14-8-4-3-7-13(14)16(21)19(11)17-10-12-6-2-5-9-15(12)20/h2-10,20H,1H3. The number of nitrogens with zero attached hydrogens (tertiary/aromatic N) is 3. The lowest BCUT2D eigenvalue weighted by Crippen LogP contribution is -2.20. The zero-order valence-electron chi connectivity index (χ0n) is 11.4. The molecule has 0 spiro atoms. The highest BCUT2D eigenvalue weighted by atomic mass is 16.3. The van der Waals surface area contributed by atoms with Gasteiger partial charge in [-0.25, -0.2) is 4.98 Å². The molecule has 0 unspecified atom stereocenters. The minimum Gasteiger partial charge on any atom is -0.507 e. The van der Waals surface area contributed by atoms with Crippen molar-refractivity contribution in [2.45, 2.75) is 6.92 Å². The number of aryl methyl sites for hydroxylation is 1. The Kier molecular flexibility index (Phi) is 3.23. The average Bonchev–Trinajstić information content (AvgIpc) is 2.49. The highest BCUT2D eigenvalue weighted by Gasteiger charge is 2.06. The van der Waals surface area contributed by atoms with Crippen LogP contribution in [0.25, 0.3) is 10.9 Å². The van der Waals surface area contributed by atoms with Gasteiger partial charge >= 0.3 is 0 Å². The third kappa shape index (κ3) is 2.41. The zero-order valence-corrected chi connectivity index (χ0v) is 11.4. The van der Waals surface area contributed by atoms with E-state index in [1.54, 1.807) is 49.4 Å². The summed E-state index contributed by atoms with van der Waals surface area (Å²) in [5, 5.41) is 14.4. The molecule has 1 N–H and O–H groups in total. The first-order valence-electron chi connectivity index (χ1n) is 6.47. The van der Waals surface area contributed by atoms with Gasteiger partial charge in [0.05, 0.1) is 17.1 Å². The van der Waals surface area contributed by atoms with Crippen LogP contribution >= 0.6 is 0 Å². The number of phenolic OH excluding ortho intramolecular Hbond substituents is 1. The molecule has 1 aromatic heterocycles. The minimum absolute atomic E-state index is 0.112. The number of aromatic hydroxyl groups is 1. The molecule has 3 rings (SSSR count). The summed E-state index contributed by atoms with van der Waals surface area (Å²) in [5.74, 6) is 0.603.